The van der Waals surface area contributed by atoms with Crippen molar-refractivity contribution in [3.63, 3.8) is 0 Å². The minimum atomic E-state index is -1.72. The van der Waals surface area contributed by atoms with Crippen LogP contribution in [0.2, 0.25) is 0 Å². The summed E-state index contributed by atoms with van der Waals surface area (Å²) >= 11 is 15.4. The molecule has 0 radical (unpaired) electrons. The van der Waals surface area contributed by atoms with Crippen molar-refractivity contribution in [2.24, 2.45) is 0 Å². The van der Waals surface area contributed by atoms with Crippen LogP contribution < -0.4 is 0 Å². The summed E-state index contributed by atoms with van der Waals surface area (Å²) in [6.45, 7) is -1.72. The van der Waals surface area contributed by atoms with Crippen molar-refractivity contribution in [1.82, 2.24) is 0 Å². The quantitative estimate of drug-likeness (QED) is 0.461. The second-order valence-electron chi connectivity index (χ2n) is 0.682. The SMILES string of the molecule is S=S(=S)(OI)SSSS. The van der Waals surface area contributed by atoms with Gasteiger partial charge in [0.15, 0.2) is 0 Å². The van der Waals surface area contributed by atoms with Gasteiger partial charge in [-0.2, -0.15) is 0 Å². The molecule has 9 heavy (non-hydrogen) atoms. The predicted octanol–water partition coefficient (Wildman–Crippen LogP) is 3.14. The van der Waals surface area contributed by atoms with Crippen molar-refractivity contribution in [3.8, 4) is 0 Å². The average Bonchev–Trinajstić information content (AvgIpc) is 1.84. The molecule has 0 unspecified atom stereocenters. The first-order chi connectivity index (χ1) is 4.12. The highest BCUT2D eigenvalue weighted by Gasteiger charge is 2.00. The summed E-state index contributed by atoms with van der Waals surface area (Å²) in [5, 5.41) is 0. The molecule has 0 atom stereocenters. The standard InChI is InChI=1S/HIOS7/c1-2-9(4,5)8-7-6-3/h3H. The molecule has 0 aliphatic rings. The summed E-state index contributed by atoms with van der Waals surface area (Å²) in [7, 11) is 4.12. The maximum atomic E-state index is 4.87. The monoisotopic (exact) mass is 368 g/mol. The van der Waals surface area contributed by atoms with Crippen LogP contribution in [-0.4, -0.2) is 0 Å². The third-order valence-electron chi connectivity index (χ3n) is 0.219. The lowest BCUT2D eigenvalue weighted by atomic mass is 15.9. The van der Waals surface area contributed by atoms with E-state index in [1.165, 1.54) is 29.5 Å². The summed E-state index contributed by atoms with van der Waals surface area (Å²) in [6, 6.07) is 0. The Hall–Kier alpha value is 2.88. The summed E-state index contributed by atoms with van der Waals surface area (Å²) in [6.07, 6.45) is 0. The lowest BCUT2D eigenvalue weighted by Gasteiger charge is -1.99. The third-order valence-corrected chi connectivity index (χ3v) is 14.6. The minimum Gasteiger partial charge on any atom is -0.231 e. The van der Waals surface area contributed by atoms with Crippen LogP contribution in [0.15, 0.2) is 0 Å². The first-order valence-corrected chi connectivity index (χ1v) is 10.7. The molecule has 0 aromatic heterocycles. The number of halogens is 1. The predicted molar refractivity (Wildman–Crippen MR) is 69.0 cm³/mol. The highest BCUT2D eigenvalue weighted by Crippen LogP contribution is 2.42. The van der Waals surface area contributed by atoms with Crippen LogP contribution in [0.3, 0.4) is 0 Å². The van der Waals surface area contributed by atoms with Crippen LogP contribution >= 0.6 is 64.1 Å². The van der Waals surface area contributed by atoms with Gasteiger partial charge in [-0.15, -0.1) is 0 Å². The van der Waals surface area contributed by atoms with Crippen molar-refractivity contribution in [1.29, 1.82) is 0 Å². The molecule has 0 fully saturated rings. The minimum absolute atomic E-state index is 1.32. The number of hydrogen-bond donors (Lipinski definition) is 1. The molecule has 0 bridgehead atoms. The van der Waals surface area contributed by atoms with Crippen LogP contribution in [0.25, 0.3) is 0 Å². The Balaban J connectivity index is 3.61. The van der Waals surface area contributed by atoms with Gasteiger partial charge >= 0.3 is 0 Å². The molecule has 0 aromatic rings. The van der Waals surface area contributed by atoms with E-state index in [-0.39, 0.29) is 0 Å². The molecule has 0 amide bonds. The molecule has 9 heteroatoms. The van der Waals surface area contributed by atoms with E-state index in [0.29, 0.717) is 0 Å². The Morgan fingerprint density at radius 1 is 1.56 bits per heavy atom. The fraction of sp³-hybridized carbons (Fsp3) is 0. The van der Waals surface area contributed by atoms with Gasteiger partial charge in [-0.1, -0.05) is 11.7 Å². The van der Waals surface area contributed by atoms with Gasteiger partial charge in [0.25, 0.3) is 0 Å². The molecular formula is HIOS7. The van der Waals surface area contributed by atoms with Crippen LogP contribution in [0.5, 0.6) is 0 Å². The van der Waals surface area contributed by atoms with Gasteiger partial charge in [0, 0.05) is 19.7 Å². The molecule has 0 saturated heterocycles. The maximum Gasteiger partial charge on any atom is 0.129 e. The van der Waals surface area contributed by atoms with Gasteiger partial charge in [0.1, 0.15) is 23.0 Å². The highest BCUT2D eigenvalue weighted by atomic mass is 127. The lowest BCUT2D eigenvalue weighted by molar-refractivity contribution is 0.848. The van der Waals surface area contributed by atoms with E-state index in [1.54, 1.807) is 23.0 Å². The molecule has 56 valence electrons. The van der Waals surface area contributed by atoms with Crippen molar-refractivity contribution in [3.05, 3.63) is 0 Å². The molecule has 0 aliphatic carbocycles. The van der Waals surface area contributed by atoms with E-state index in [1.807, 2.05) is 0 Å². The third kappa shape index (κ3) is 7.25. The molecule has 0 rings (SSSR count). The van der Waals surface area contributed by atoms with E-state index in [0.717, 1.165) is 0 Å². The largest absolute Gasteiger partial charge is 0.231 e. The molecule has 0 aromatic carbocycles. The molecule has 0 spiro atoms. The second kappa shape index (κ2) is 6.40. The zero-order valence-corrected chi connectivity index (χ0v) is 11.6. The van der Waals surface area contributed by atoms with E-state index >= 15 is 0 Å². The molecular weight excluding hydrogens is 367 g/mol. The first-order valence-electron chi connectivity index (χ1n) is 1.34. The van der Waals surface area contributed by atoms with Gasteiger partial charge in [-0.25, -0.2) is 2.51 Å². The fourth-order valence-electron chi connectivity index (χ4n) is 0.0569. The van der Waals surface area contributed by atoms with Crippen molar-refractivity contribution < 1.29 is 2.51 Å². The highest BCUT2D eigenvalue weighted by molar-refractivity contribution is 14.1. The number of rotatable bonds is 4. The smallest absolute Gasteiger partial charge is 0.129 e. The number of thiol groups is 1. The molecule has 1 nitrogen and oxygen atoms in total. The Labute approximate surface area is 93.9 Å². The summed E-state index contributed by atoms with van der Waals surface area (Å²) in [5.74, 6) is 0. The molecule has 0 saturated carbocycles. The zero-order valence-electron chi connectivity index (χ0n) is 3.68. The van der Waals surface area contributed by atoms with Gasteiger partial charge in [0.2, 0.25) is 0 Å². The van der Waals surface area contributed by atoms with E-state index in [2.05, 4.69) is 11.7 Å². The summed E-state index contributed by atoms with van der Waals surface area (Å²) < 4.78 is 4.82. The Bertz CT molecular complexity index is 144. The van der Waals surface area contributed by atoms with E-state index < -0.39 is 6.46 Å². The van der Waals surface area contributed by atoms with Gasteiger partial charge in [-0.05, 0) is 32.2 Å². The van der Waals surface area contributed by atoms with Crippen molar-refractivity contribution in [2.75, 3.05) is 0 Å². The fourth-order valence-corrected chi connectivity index (χ4v) is 11.4. The zero-order chi connectivity index (χ0) is 7.33. The van der Waals surface area contributed by atoms with Crippen molar-refractivity contribution in [2.45, 2.75) is 0 Å². The Morgan fingerprint density at radius 2 is 2.11 bits per heavy atom. The van der Waals surface area contributed by atoms with Gasteiger partial charge in [-0.3, -0.25) is 0 Å². The molecule has 0 aliphatic heterocycles. The summed E-state index contributed by atoms with van der Waals surface area (Å²) in [4.78, 5) is 0. The van der Waals surface area contributed by atoms with Crippen molar-refractivity contribution >= 4 is 93.0 Å². The van der Waals surface area contributed by atoms with E-state index in [9.17, 15) is 0 Å². The maximum absolute atomic E-state index is 4.87. The van der Waals surface area contributed by atoms with Crippen LogP contribution in [0.4, 0.5) is 0 Å². The Kier molecular flexibility index (Phi) is 8.45. The van der Waals surface area contributed by atoms with E-state index in [4.69, 9.17) is 24.9 Å². The lowest BCUT2D eigenvalue weighted by Crippen LogP contribution is -1.80. The normalized spacial score (nSPS) is 11.8. The van der Waals surface area contributed by atoms with Crippen LogP contribution in [0, 0.1) is 0 Å². The number of hydrogen-bond acceptors (Lipinski definition) is 7. The molecule has 0 heterocycles. The van der Waals surface area contributed by atoms with Gasteiger partial charge < -0.3 is 0 Å². The first kappa shape index (κ1) is 11.9. The molecule has 0 N–H and O–H groups in total. The van der Waals surface area contributed by atoms with Gasteiger partial charge in [0.05, 0.1) is 6.46 Å². The topological polar surface area (TPSA) is 9.23 Å². The summed E-state index contributed by atoms with van der Waals surface area (Å²) in [5.41, 5.74) is 0. The average molecular weight is 368 g/mol. The Morgan fingerprint density at radius 3 is 2.44 bits per heavy atom. The van der Waals surface area contributed by atoms with Crippen LogP contribution in [-0.2, 0) is 31.3 Å². The second-order valence-corrected chi connectivity index (χ2v) is 14.3. The van der Waals surface area contributed by atoms with Crippen LogP contribution in [0.1, 0.15) is 0 Å².